The largest absolute Gasteiger partial charge is 0.433 e. The quantitative estimate of drug-likeness (QED) is 0.488. The Bertz CT molecular complexity index is 327. The van der Waals surface area contributed by atoms with Gasteiger partial charge in [0.1, 0.15) is 24.4 Å². The number of ether oxygens (including phenoxy) is 2. The van der Waals surface area contributed by atoms with Gasteiger partial charge >= 0.3 is 5.97 Å². The van der Waals surface area contributed by atoms with Crippen LogP contribution in [-0.2, 0) is 14.3 Å². The van der Waals surface area contributed by atoms with E-state index in [0.29, 0.717) is 0 Å². The van der Waals surface area contributed by atoms with Crippen LogP contribution in [0.3, 0.4) is 0 Å². The molecule has 2 rings (SSSR count). The molecule has 0 spiro atoms. The van der Waals surface area contributed by atoms with Gasteiger partial charge in [0.05, 0.1) is 12.5 Å². The number of hydrogen-bond donors (Lipinski definition) is 4. The highest BCUT2D eigenvalue weighted by molar-refractivity contribution is 5.72. The van der Waals surface area contributed by atoms with Gasteiger partial charge in [-0.1, -0.05) is 19.3 Å². The first kappa shape index (κ1) is 15.7. The summed E-state index contributed by atoms with van der Waals surface area (Å²) in [7, 11) is 0. The van der Waals surface area contributed by atoms with E-state index in [0.717, 1.165) is 32.1 Å². The van der Waals surface area contributed by atoms with Crippen molar-refractivity contribution in [1.29, 1.82) is 0 Å². The van der Waals surface area contributed by atoms with E-state index in [1.54, 1.807) is 0 Å². The third-order valence-electron chi connectivity index (χ3n) is 4.02. The summed E-state index contributed by atoms with van der Waals surface area (Å²) in [5.74, 6) is -0.676. The molecule has 0 aromatic heterocycles. The van der Waals surface area contributed by atoms with Crippen molar-refractivity contribution in [2.45, 2.75) is 62.8 Å². The van der Waals surface area contributed by atoms with Crippen molar-refractivity contribution >= 4 is 5.97 Å². The van der Waals surface area contributed by atoms with Gasteiger partial charge in [-0.05, 0) is 12.8 Å². The monoisotopic (exact) mass is 290 g/mol. The molecule has 116 valence electrons. The highest BCUT2D eigenvalue weighted by Gasteiger charge is 2.45. The molecule has 5 atom stereocenters. The average molecular weight is 290 g/mol. The van der Waals surface area contributed by atoms with Crippen molar-refractivity contribution in [2.75, 3.05) is 6.61 Å². The molecule has 0 aromatic rings. The molecule has 0 radical (unpaired) electrons. The molecule has 1 saturated carbocycles. The molecular weight excluding hydrogens is 268 g/mol. The molecule has 2 aliphatic rings. The number of aliphatic hydroxyl groups excluding tert-OH is 4. The second-order valence-corrected chi connectivity index (χ2v) is 5.47. The average Bonchev–Trinajstić information content (AvgIpc) is 2.48. The number of carbonyl (C=O) groups is 1. The van der Waals surface area contributed by atoms with E-state index in [1.165, 1.54) is 0 Å². The summed E-state index contributed by atoms with van der Waals surface area (Å²) in [5, 5.41) is 38.1. The highest BCUT2D eigenvalue weighted by atomic mass is 16.7. The zero-order valence-electron chi connectivity index (χ0n) is 11.2. The molecule has 7 heteroatoms. The van der Waals surface area contributed by atoms with E-state index in [1.807, 2.05) is 0 Å². The number of carbonyl (C=O) groups excluding carboxylic acids is 1. The lowest BCUT2D eigenvalue weighted by atomic mass is 9.89. The van der Waals surface area contributed by atoms with Crippen molar-refractivity contribution in [3.63, 3.8) is 0 Å². The van der Waals surface area contributed by atoms with Crippen molar-refractivity contribution < 1.29 is 34.7 Å². The summed E-state index contributed by atoms with van der Waals surface area (Å²) in [6.07, 6.45) is -2.39. The van der Waals surface area contributed by atoms with Crippen LogP contribution in [0.4, 0.5) is 0 Å². The van der Waals surface area contributed by atoms with Gasteiger partial charge in [-0.25, -0.2) is 0 Å². The summed E-state index contributed by atoms with van der Waals surface area (Å²) in [6.45, 7) is -0.539. The Kier molecular flexibility index (Phi) is 5.34. The Morgan fingerprint density at radius 2 is 1.70 bits per heavy atom. The van der Waals surface area contributed by atoms with Gasteiger partial charge in [-0.3, -0.25) is 4.79 Å². The highest BCUT2D eigenvalue weighted by Crippen LogP contribution is 2.27. The Hall–Kier alpha value is -0.730. The van der Waals surface area contributed by atoms with Gasteiger partial charge in [-0.15, -0.1) is 0 Å². The number of hydrogen-bond acceptors (Lipinski definition) is 7. The Morgan fingerprint density at radius 1 is 1.05 bits per heavy atom. The molecule has 1 aliphatic heterocycles. The third-order valence-corrected chi connectivity index (χ3v) is 4.02. The van der Waals surface area contributed by atoms with E-state index in [4.69, 9.17) is 14.6 Å². The predicted octanol–water partition coefficient (Wildman–Crippen LogP) is -1.09. The molecule has 1 heterocycles. The van der Waals surface area contributed by atoms with Gasteiger partial charge in [0.2, 0.25) is 6.29 Å². The minimum atomic E-state index is -1.53. The summed E-state index contributed by atoms with van der Waals surface area (Å²) < 4.78 is 10.2. The Morgan fingerprint density at radius 3 is 2.30 bits per heavy atom. The van der Waals surface area contributed by atoms with Crippen LogP contribution in [0.2, 0.25) is 0 Å². The van der Waals surface area contributed by atoms with Crippen molar-refractivity contribution in [3.05, 3.63) is 0 Å². The Labute approximate surface area is 117 Å². The van der Waals surface area contributed by atoms with Crippen LogP contribution in [0.5, 0.6) is 0 Å². The SMILES string of the molecule is O=C(OC1O[C@H](CO)[C@@H](O)[C@H](O)[C@H]1O)C1CCCCC1. The normalized spacial score (nSPS) is 39.5. The zero-order valence-corrected chi connectivity index (χ0v) is 11.2. The fourth-order valence-electron chi connectivity index (χ4n) is 2.71. The number of esters is 1. The van der Waals surface area contributed by atoms with E-state index in [9.17, 15) is 20.1 Å². The maximum atomic E-state index is 12.0. The van der Waals surface area contributed by atoms with Crippen molar-refractivity contribution in [1.82, 2.24) is 0 Å². The molecule has 7 nitrogen and oxygen atoms in total. The summed E-state index contributed by atoms with van der Waals surface area (Å²) >= 11 is 0. The minimum Gasteiger partial charge on any atom is -0.433 e. The molecule has 0 aromatic carbocycles. The third kappa shape index (κ3) is 3.29. The number of rotatable bonds is 3. The van der Waals surface area contributed by atoms with Crippen LogP contribution in [0.1, 0.15) is 32.1 Å². The topological polar surface area (TPSA) is 116 Å². The summed E-state index contributed by atoms with van der Waals surface area (Å²) in [4.78, 5) is 12.0. The fraction of sp³-hybridized carbons (Fsp3) is 0.923. The molecule has 1 aliphatic carbocycles. The second kappa shape index (κ2) is 6.82. The van der Waals surface area contributed by atoms with Crippen LogP contribution in [0.25, 0.3) is 0 Å². The molecule has 4 N–H and O–H groups in total. The lowest BCUT2D eigenvalue weighted by Crippen LogP contribution is -2.59. The smallest absolute Gasteiger partial charge is 0.311 e. The van der Waals surface area contributed by atoms with Crippen LogP contribution < -0.4 is 0 Å². The summed E-state index contributed by atoms with van der Waals surface area (Å²) in [6, 6.07) is 0. The molecule has 0 amide bonds. The first-order valence-electron chi connectivity index (χ1n) is 7.05. The molecule has 1 unspecified atom stereocenters. The molecule has 0 bridgehead atoms. The predicted molar refractivity (Wildman–Crippen MR) is 66.4 cm³/mol. The molecule has 1 saturated heterocycles. The lowest BCUT2D eigenvalue weighted by molar-refractivity contribution is -0.294. The maximum Gasteiger partial charge on any atom is 0.311 e. The van der Waals surface area contributed by atoms with Crippen LogP contribution >= 0.6 is 0 Å². The van der Waals surface area contributed by atoms with Gasteiger partial charge in [0.15, 0.2) is 0 Å². The van der Waals surface area contributed by atoms with Crippen LogP contribution in [-0.4, -0.2) is 63.7 Å². The van der Waals surface area contributed by atoms with E-state index < -0.39 is 43.3 Å². The van der Waals surface area contributed by atoms with Crippen molar-refractivity contribution in [2.24, 2.45) is 5.92 Å². The van der Waals surface area contributed by atoms with E-state index in [2.05, 4.69) is 0 Å². The van der Waals surface area contributed by atoms with Crippen LogP contribution in [0.15, 0.2) is 0 Å². The minimum absolute atomic E-state index is 0.212. The molecule has 20 heavy (non-hydrogen) atoms. The second-order valence-electron chi connectivity index (χ2n) is 5.47. The summed E-state index contributed by atoms with van der Waals surface area (Å²) in [5.41, 5.74) is 0. The van der Waals surface area contributed by atoms with Gasteiger partial charge < -0.3 is 29.9 Å². The molecule has 2 fully saturated rings. The van der Waals surface area contributed by atoms with Gasteiger partial charge in [-0.2, -0.15) is 0 Å². The standard InChI is InChI=1S/C13H22O7/c14-6-8-9(15)10(16)11(17)13(19-8)20-12(18)7-4-2-1-3-5-7/h7-11,13-17H,1-6H2/t8-,9-,10+,11-,13?/m1/s1. The van der Waals surface area contributed by atoms with Gasteiger partial charge in [0, 0.05) is 0 Å². The number of aliphatic hydroxyl groups is 4. The zero-order chi connectivity index (χ0) is 14.7. The van der Waals surface area contributed by atoms with Crippen LogP contribution in [0, 0.1) is 5.92 Å². The Balaban J connectivity index is 1.94. The van der Waals surface area contributed by atoms with Gasteiger partial charge in [0.25, 0.3) is 0 Å². The molecular formula is C13H22O7. The lowest BCUT2D eigenvalue weighted by Gasteiger charge is -2.39. The van der Waals surface area contributed by atoms with Crippen molar-refractivity contribution in [3.8, 4) is 0 Å². The first-order chi connectivity index (χ1) is 9.54. The fourth-order valence-corrected chi connectivity index (χ4v) is 2.71. The van der Waals surface area contributed by atoms with E-state index >= 15 is 0 Å². The first-order valence-corrected chi connectivity index (χ1v) is 7.05. The van der Waals surface area contributed by atoms with E-state index in [-0.39, 0.29) is 5.92 Å². The maximum absolute atomic E-state index is 12.0.